The maximum absolute atomic E-state index is 10.4. The van der Waals surface area contributed by atoms with Crippen LogP contribution < -0.4 is 0 Å². The van der Waals surface area contributed by atoms with Crippen LogP contribution in [0.3, 0.4) is 0 Å². The van der Waals surface area contributed by atoms with Crippen LogP contribution in [0.25, 0.3) is 0 Å². The van der Waals surface area contributed by atoms with Crippen LogP contribution in [0.15, 0.2) is 12.7 Å². The van der Waals surface area contributed by atoms with Gasteiger partial charge in [0.15, 0.2) is 0 Å². The van der Waals surface area contributed by atoms with Crippen LogP contribution in [0.4, 0.5) is 0 Å². The van der Waals surface area contributed by atoms with Crippen molar-refractivity contribution in [3.8, 4) is 0 Å². The number of hydrogen-bond donors (Lipinski definition) is 0. The molecule has 0 rings (SSSR count). The van der Waals surface area contributed by atoms with E-state index in [4.69, 9.17) is 8.23 Å². The second-order valence-electron chi connectivity index (χ2n) is 1.40. The van der Waals surface area contributed by atoms with Crippen molar-refractivity contribution in [1.29, 1.82) is 0 Å². The van der Waals surface area contributed by atoms with Gasteiger partial charge in [-0.3, -0.25) is 0 Å². The third-order valence-corrected chi connectivity index (χ3v) is 3.33. The van der Waals surface area contributed by atoms with E-state index in [9.17, 15) is 4.79 Å². The monoisotopic (exact) mass is 194 g/mol. The minimum absolute atomic E-state index is 0.408. The minimum Gasteiger partial charge on any atom is -0.497 e. The predicted octanol–water partition coefficient (Wildman–Crippen LogP) is -2.97. The largest absolute Gasteiger partial charge is 0.497 e. The predicted molar refractivity (Wildman–Crippen MR) is 45.5 cm³/mol. The Morgan fingerprint density at radius 1 is 1.60 bits per heavy atom. The van der Waals surface area contributed by atoms with Crippen molar-refractivity contribution >= 4 is 36.5 Å². The summed E-state index contributed by atoms with van der Waals surface area (Å²) in [4.78, 5) is 10.4. The Balaban J connectivity index is 3.03. The van der Waals surface area contributed by atoms with Gasteiger partial charge in [-0.1, -0.05) is 6.58 Å². The summed E-state index contributed by atoms with van der Waals surface area (Å²) in [6, 6.07) is 0. The van der Waals surface area contributed by atoms with E-state index in [0.717, 1.165) is 6.08 Å². The van der Waals surface area contributed by atoms with Gasteiger partial charge in [-0.2, -0.15) is 0 Å². The van der Waals surface area contributed by atoms with Gasteiger partial charge >= 0.3 is 16.0 Å². The Hall–Kier alpha value is -0.219. The van der Waals surface area contributed by atoms with Crippen molar-refractivity contribution in [2.45, 2.75) is 0 Å². The first-order valence-electron chi connectivity index (χ1n) is 2.67. The first-order valence-corrected chi connectivity index (χ1v) is 5.79. The molecule has 0 fully saturated rings. The molecule has 0 radical (unpaired) electrons. The summed E-state index contributed by atoms with van der Waals surface area (Å²) >= 11 is 0. The van der Waals surface area contributed by atoms with Crippen LogP contribution in [-0.4, -0.2) is 36.5 Å². The maximum atomic E-state index is 10.4. The molecule has 0 bridgehead atoms. The molecule has 0 aromatic rings. The van der Waals surface area contributed by atoms with Crippen molar-refractivity contribution in [2.24, 2.45) is 0 Å². The zero-order valence-corrected chi connectivity index (χ0v) is 10.7. The average molecular weight is 194 g/mol. The van der Waals surface area contributed by atoms with E-state index < -0.39 is 26.0 Å². The van der Waals surface area contributed by atoms with E-state index in [-0.39, 0.29) is 0 Å². The fourth-order valence-electron chi connectivity index (χ4n) is 0.276. The summed E-state index contributed by atoms with van der Waals surface area (Å²) in [6.07, 6.45) is 1.12. The highest BCUT2D eigenvalue weighted by molar-refractivity contribution is 6.39. The van der Waals surface area contributed by atoms with Gasteiger partial charge in [0.1, 0.15) is 10.5 Å². The molecule has 0 heterocycles. The summed E-state index contributed by atoms with van der Waals surface area (Å²) in [5.41, 5.74) is 0. The summed E-state index contributed by atoms with van der Waals surface area (Å²) < 4.78 is 14.4. The van der Waals surface area contributed by atoms with Gasteiger partial charge in [0.2, 0.25) is 0 Å². The Kier molecular flexibility index (Phi) is 6.74. The molecule has 0 unspecified atom stereocenters. The Morgan fingerprint density at radius 3 is 2.80 bits per heavy atom. The molecule has 0 aromatic carbocycles. The maximum Gasteiger partial charge on any atom is 0.360 e. The molecule has 58 valence electrons. The van der Waals surface area contributed by atoms with Crippen molar-refractivity contribution < 1.29 is 17.5 Å². The highest BCUT2D eigenvalue weighted by atomic mass is 28.4. The normalized spacial score (nSPS) is 11.6. The molecular weight excluding hydrogens is 184 g/mol. The second-order valence-corrected chi connectivity index (χ2v) is 6.10. The van der Waals surface area contributed by atoms with Crippen LogP contribution in [0.2, 0.25) is 0 Å². The zero-order chi connectivity index (χ0) is 7.82. The van der Waals surface area contributed by atoms with Gasteiger partial charge in [0, 0.05) is 6.08 Å². The molecule has 0 aliphatic rings. The molecule has 0 aromatic heterocycles. The van der Waals surface area contributed by atoms with Crippen LogP contribution >= 0.6 is 0 Å². The van der Waals surface area contributed by atoms with Gasteiger partial charge in [0.25, 0.3) is 10.0 Å². The third kappa shape index (κ3) is 5.91. The van der Waals surface area contributed by atoms with Crippen molar-refractivity contribution in [2.75, 3.05) is 0 Å². The molecule has 0 spiro atoms. The van der Waals surface area contributed by atoms with E-state index in [1.165, 1.54) is 0 Å². The van der Waals surface area contributed by atoms with Gasteiger partial charge < -0.3 is 12.7 Å². The smallest absolute Gasteiger partial charge is 0.360 e. The topological polar surface area (TPSA) is 44.8 Å². The van der Waals surface area contributed by atoms with Crippen LogP contribution in [0.5, 0.6) is 0 Å². The quantitative estimate of drug-likeness (QED) is 0.266. The molecule has 0 N–H and O–H groups in total. The van der Waals surface area contributed by atoms with Gasteiger partial charge in [0.05, 0.1) is 0 Å². The van der Waals surface area contributed by atoms with Gasteiger partial charge in [-0.25, -0.2) is 4.79 Å². The molecule has 4 nitrogen and oxygen atoms in total. The molecule has 10 heavy (non-hydrogen) atoms. The molecule has 0 amide bonds. The summed E-state index contributed by atoms with van der Waals surface area (Å²) in [5, 5.41) is 0. The first-order chi connectivity index (χ1) is 4.81. The fraction of sp³-hybridized carbons (Fsp3) is 0. The van der Waals surface area contributed by atoms with Crippen molar-refractivity contribution in [3.05, 3.63) is 12.7 Å². The highest BCUT2D eigenvalue weighted by Gasteiger charge is 1.93. The van der Waals surface area contributed by atoms with Crippen molar-refractivity contribution in [3.63, 3.8) is 0 Å². The highest BCUT2D eigenvalue weighted by Crippen LogP contribution is 1.76. The number of hydrogen-bond acceptors (Lipinski definition) is 4. The first kappa shape index (κ1) is 9.78. The van der Waals surface area contributed by atoms with Crippen LogP contribution in [0, 0.1) is 0 Å². The lowest BCUT2D eigenvalue weighted by Crippen LogP contribution is -2.13. The van der Waals surface area contributed by atoms with Crippen LogP contribution in [0.1, 0.15) is 0 Å². The van der Waals surface area contributed by atoms with E-state index in [1.54, 1.807) is 0 Å². The number of rotatable bonds is 5. The average Bonchev–Trinajstić information content (AvgIpc) is 1.98. The third-order valence-electron chi connectivity index (χ3n) is 0.652. The molecule has 0 saturated carbocycles. The minimum atomic E-state index is -1.12. The summed E-state index contributed by atoms with van der Waals surface area (Å²) in [7, 11) is -1.24. The van der Waals surface area contributed by atoms with E-state index >= 15 is 0 Å². The summed E-state index contributed by atoms with van der Waals surface area (Å²) in [6.45, 7) is 3.24. The Bertz CT molecular complexity index is 116. The standard InChI is InChI=1S/C3H10O4Si3/c1-2-3(4)5-9-7-10-6-8/h2H,1,9-10H2,8H3. The van der Waals surface area contributed by atoms with E-state index in [2.05, 4.69) is 11.0 Å². The lowest BCUT2D eigenvalue weighted by Gasteiger charge is -2.01. The lowest BCUT2D eigenvalue weighted by molar-refractivity contribution is -0.129. The molecule has 0 atom stereocenters. The van der Waals surface area contributed by atoms with Crippen LogP contribution in [-0.2, 0) is 17.5 Å². The summed E-state index contributed by atoms with van der Waals surface area (Å²) in [5.74, 6) is -0.408. The molecule has 0 aliphatic heterocycles. The SMILES string of the molecule is C=CC(=O)O[SiH2]O[SiH2]O[SiH3]. The Morgan fingerprint density at radius 2 is 2.30 bits per heavy atom. The lowest BCUT2D eigenvalue weighted by atomic mass is 10.7. The van der Waals surface area contributed by atoms with Gasteiger partial charge in [-0.15, -0.1) is 0 Å². The molecule has 0 aliphatic carbocycles. The van der Waals surface area contributed by atoms with E-state index in [1.807, 2.05) is 0 Å². The number of carbonyl (C=O) groups excluding carboxylic acids is 1. The fourth-order valence-corrected chi connectivity index (χ4v) is 3.28. The molecule has 0 saturated heterocycles. The second kappa shape index (κ2) is 6.89. The zero-order valence-electron chi connectivity index (χ0n) is 5.83. The van der Waals surface area contributed by atoms with Crippen molar-refractivity contribution in [1.82, 2.24) is 0 Å². The molecule has 7 heteroatoms. The van der Waals surface area contributed by atoms with E-state index in [0.29, 0.717) is 10.5 Å². The Labute approximate surface area is 67.2 Å². The number of carbonyl (C=O) groups is 1. The van der Waals surface area contributed by atoms with Gasteiger partial charge in [-0.05, 0) is 0 Å². The molecular formula is C3H10O4Si3.